The molecule has 0 fully saturated rings. The second-order valence-corrected chi connectivity index (χ2v) is 6.61. The van der Waals surface area contributed by atoms with Crippen LogP contribution in [0.3, 0.4) is 0 Å². The zero-order chi connectivity index (χ0) is 19.0. The van der Waals surface area contributed by atoms with Crippen molar-refractivity contribution in [1.82, 2.24) is 24.2 Å². The lowest BCUT2D eigenvalue weighted by Crippen LogP contribution is -2.31. The molecule has 1 aromatic carbocycles. The molecule has 0 atom stereocenters. The third kappa shape index (κ3) is 3.23. The summed E-state index contributed by atoms with van der Waals surface area (Å²) < 4.78 is 9.15. The highest BCUT2D eigenvalue weighted by Crippen LogP contribution is 2.18. The quantitative estimate of drug-likeness (QED) is 0.546. The van der Waals surface area contributed by atoms with Gasteiger partial charge in [0.15, 0.2) is 5.76 Å². The van der Waals surface area contributed by atoms with Crippen LogP contribution in [0.4, 0.5) is 0 Å². The average Bonchev–Trinajstić information content (AvgIpc) is 3.36. The van der Waals surface area contributed by atoms with Crippen molar-refractivity contribution in [2.45, 2.75) is 20.0 Å². The molecule has 0 bridgehead atoms. The molecule has 0 saturated heterocycles. The number of para-hydroxylation sites is 2. The summed E-state index contributed by atoms with van der Waals surface area (Å²) in [7, 11) is 3.86. The molecule has 0 spiro atoms. The molecule has 7 nitrogen and oxygen atoms in total. The van der Waals surface area contributed by atoms with Gasteiger partial charge in [0.2, 0.25) is 0 Å². The van der Waals surface area contributed by atoms with Crippen molar-refractivity contribution in [3.8, 4) is 0 Å². The van der Waals surface area contributed by atoms with Gasteiger partial charge in [-0.2, -0.15) is 5.10 Å². The molecule has 4 rings (SSSR count). The molecule has 1 amide bonds. The molecule has 3 aromatic heterocycles. The van der Waals surface area contributed by atoms with Crippen molar-refractivity contribution in [2.24, 2.45) is 14.1 Å². The van der Waals surface area contributed by atoms with Gasteiger partial charge in [0.25, 0.3) is 5.91 Å². The fraction of sp³-hybridized carbons (Fsp3) is 0.250. The standard InChI is InChI=1S/C20H21N5O2/c1-14-11-15(22-24(14)3)12-25(20(26)18-9-6-10-27-18)13-19-21-16-7-4-5-8-17(16)23(19)2/h4-11H,12-13H2,1-3H3. The van der Waals surface area contributed by atoms with Gasteiger partial charge in [-0.05, 0) is 37.3 Å². The van der Waals surface area contributed by atoms with E-state index in [1.807, 2.05) is 55.9 Å². The Balaban J connectivity index is 1.68. The number of benzene rings is 1. The molecule has 138 valence electrons. The molecular formula is C20H21N5O2. The molecule has 0 aliphatic carbocycles. The van der Waals surface area contributed by atoms with Crippen LogP contribution in [-0.4, -0.2) is 30.1 Å². The van der Waals surface area contributed by atoms with Gasteiger partial charge in [0.1, 0.15) is 5.82 Å². The van der Waals surface area contributed by atoms with Crippen molar-refractivity contribution in [3.05, 3.63) is 71.7 Å². The lowest BCUT2D eigenvalue weighted by atomic mass is 10.3. The van der Waals surface area contributed by atoms with E-state index in [9.17, 15) is 4.79 Å². The lowest BCUT2D eigenvalue weighted by Gasteiger charge is -2.20. The normalized spacial score (nSPS) is 11.2. The first kappa shape index (κ1) is 17.1. The van der Waals surface area contributed by atoms with Gasteiger partial charge >= 0.3 is 0 Å². The highest BCUT2D eigenvalue weighted by atomic mass is 16.3. The lowest BCUT2D eigenvalue weighted by molar-refractivity contribution is 0.0689. The van der Waals surface area contributed by atoms with Crippen LogP contribution in [0.2, 0.25) is 0 Å². The summed E-state index contributed by atoms with van der Waals surface area (Å²) in [6, 6.07) is 13.3. The maximum Gasteiger partial charge on any atom is 0.290 e. The Bertz CT molecular complexity index is 1070. The van der Waals surface area contributed by atoms with Crippen LogP contribution in [-0.2, 0) is 27.2 Å². The van der Waals surface area contributed by atoms with Gasteiger partial charge < -0.3 is 13.9 Å². The Labute approximate surface area is 156 Å². The first-order chi connectivity index (χ1) is 13.0. The SMILES string of the molecule is Cc1cc(CN(Cc2nc3ccccc3n2C)C(=O)c2ccco2)nn1C. The van der Waals surface area contributed by atoms with Crippen LogP contribution >= 0.6 is 0 Å². The first-order valence-corrected chi connectivity index (χ1v) is 8.75. The summed E-state index contributed by atoms with van der Waals surface area (Å²) in [4.78, 5) is 19.4. The van der Waals surface area contributed by atoms with Crippen molar-refractivity contribution in [2.75, 3.05) is 0 Å². The summed E-state index contributed by atoms with van der Waals surface area (Å²) in [5, 5.41) is 4.49. The van der Waals surface area contributed by atoms with E-state index in [0.29, 0.717) is 18.8 Å². The Morgan fingerprint density at radius 2 is 1.96 bits per heavy atom. The highest BCUT2D eigenvalue weighted by Gasteiger charge is 2.22. The minimum atomic E-state index is -0.185. The zero-order valence-electron chi connectivity index (χ0n) is 15.6. The number of hydrogen-bond donors (Lipinski definition) is 0. The number of fused-ring (bicyclic) bond motifs is 1. The number of rotatable bonds is 5. The number of aromatic nitrogens is 4. The van der Waals surface area contributed by atoms with Crippen LogP contribution in [0.15, 0.2) is 53.1 Å². The summed E-state index contributed by atoms with van der Waals surface area (Å²) in [5.74, 6) is 0.931. The molecule has 0 N–H and O–H groups in total. The van der Waals surface area contributed by atoms with E-state index in [-0.39, 0.29) is 5.91 Å². The van der Waals surface area contributed by atoms with Crippen molar-refractivity contribution in [3.63, 3.8) is 0 Å². The minimum Gasteiger partial charge on any atom is -0.459 e. The molecule has 27 heavy (non-hydrogen) atoms. The third-order valence-electron chi connectivity index (χ3n) is 4.75. The maximum atomic E-state index is 13.0. The Morgan fingerprint density at radius 3 is 2.63 bits per heavy atom. The Kier molecular flexibility index (Phi) is 4.27. The van der Waals surface area contributed by atoms with Gasteiger partial charge in [-0.3, -0.25) is 9.48 Å². The molecule has 3 heterocycles. The van der Waals surface area contributed by atoms with Crippen molar-refractivity contribution in [1.29, 1.82) is 0 Å². The molecule has 0 radical (unpaired) electrons. The van der Waals surface area contributed by atoms with Gasteiger partial charge in [-0.1, -0.05) is 12.1 Å². The second kappa shape index (κ2) is 6.75. The predicted molar refractivity (Wildman–Crippen MR) is 101 cm³/mol. The molecule has 0 aliphatic rings. The van der Waals surface area contributed by atoms with E-state index in [1.54, 1.807) is 21.7 Å². The van der Waals surface area contributed by atoms with E-state index in [0.717, 1.165) is 28.2 Å². The largest absolute Gasteiger partial charge is 0.459 e. The van der Waals surface area contributed by atoms with E-state index < -0.39 is 0 Å². The molecule has 0 saturated carbocycles. The van der Waals surface area contributed by atoms with Crippen molar-refractivity contribution < 1.29 is 9.21 Å². The van der Waals surface area contributed by atoms with Crippen LogP contribution in [0.25, 0.3) is 11.0 Å². The maximum absolute atomic E-state index is 13.0. The van der Waals surface area contributed by atoms with Gasteiger partial charge in [0, 0.05) is 19.8 Å². The van der Waals surface area contributed by atoms with Gasteiger partial charge in [-0.15, -0.1) is 0 Å². The third-order valence-corrected chi connectivity index (χ3v) is 4.75. The fourth-order valence-corrected chi connectivity index (χ4v) is 3.17. The molecule has 7 heteroatoms. The van der Waals surface area contributed by atoms with Crippen LogP contribution in [0.1, 0.15) is 27.8 Å². The van der Waals surface area contributed by atoms with Crippen LogP contribution in [0.5, 0.6) is 0 Å². The molecule has 4 aromatic rings. The predicted octanol–water partition coefficient (Wildman–Crippen LogP) is 3.05. The Morgan fingerprint density at radius 1 is 1.15 bits per heavy atom. The van der Waals surface area contributed by atoms with Crippen LogP contribution in [0, 0.1) is 6.92 Å². The number of furan rings is 1. The number of aryl methyl sites for hydroxylation is 3. The van der Waals surface area contributed by atoms with Gasteiger partial charge in [-0.25, -0.2) is 4.98 Å². The molecular weight excluding hydrogens is 342 g/mol. The summed E-state index contributed by atoms with van der Waals surface area (Å²) in [6.07, 6.45) is 1.51. The van der Waals surface area contributed by atoms with Gasteiger partial charge in [0.05, 0.1) is 36.1 Å². The number of carbonyl (C=O) groups excluding carboxylic acids is 1. The monoisotopic (exact) mass is 363 g/mol. The van der Waals surface area contributed by atoms with Crippen molar-refractivity contribution >= 4 is 16.9 Å². The van der Waals surface area contributed by atoms with E-state index in [2.05, 4.69) is 5.10 Å². The topological polar surface area (TPSA) is 69.1 Å². The van der Waals surface area contributed by atoms with E-state index in [4.69, 9.17) is 9.40 Å². The second-order valence-electron chi connectivity index (χ2n) is 6.61. The van der Waals surface area contributed by atoms with E-state index >= 15 is 0 Å². The smallest absolute Gasteiger partial charge is 0.290 e. The van der Waals surface area contributed by atoms with E-state index in [1.165, 1.54) is 6.26 Å². The Hall–Kier alpha value is -3.35. The number of amides is 1. The average molecular weight is 363 g/mol. The summed E-state index contributed by atoms with van der Waals surface area (Å²) in [5.41, 5.74) is 3.81. The highest BCUT2D eigenvalue weighted by molar-refractivity contribution is 5.91. The first-order valence-electron chi connectivity index (χ1n) is 8.75. The fourth-order valence-electron chi connectivity index (χ4n) is 3.17. The zero-order valence-corrected chi connectivity index (χ0v) is 15.6. The number of nitrogens with zero attached hydrogens (tertiary/aromatic N) is 5. The number of hydrogen-bond acceptors (Lipinski definition) is 4. The molecule has 0 aliphatic heterocycles. The molecule has 0 unspecified atom stereocenters. The van der Waals surface area contributed by atoms with Crippen LogP contribution < -0.4 is 0 Å². The number of carbonyl (C=O) groups is 1. The number of imidazole rings is 1. The minimum absolute atomic E-state index is 0.185. The summed E-state index contributed by atoms with van der Waals surface area (Å²) in [6.45, 7) is 2.73. The summed E-state index contributed by atoms with van der Waals surface area (Å²) >= 11 is 0.